The van der Waals surface area contributed by atoms with Crippen LogP contribution in [0.4, 0.5) is 0 Å². The van der Waals surface area contributed by atoms with E-state index in [-0.39, 0.29) is 11.3 Å². The van der Waals surface area contributed by atoms with Crippen LogP contribution in [0.1, 0.15) is 22.1 Å². The summed E-state index contributed by atoms with van der Waals surface area (Å²) in [6.45, 7) is 2.85. The standard InChI is InChI=1S/C19H18BrNOS/c1-14-4-2-3-5-15(14)8-11-18(22)21-12-13-23-19(21)16-6-9-17(20)10-7-16/h2-11,19H,12-13H2,1H3/b11-8+. The van der Waals surface area contributed by atoms with Gasteiger partial charge in [-0.25, -0.2) is 0 Å². The van der Waals surface area contributed by atoms with Crippen molar-refractivity contribution >= 4 is 39.7 Å². The van der Waals surface area contributed by atoms with Gasteiger partial charge in [0.05, 0.1) is 0 Å². The predicted octanol–water partition coefficient (Wildman–Crippen LogP) is 5.04. The maximum absolute atomic E-state index is 12.6. The molecule has 1 fully saturated rings. The highest BCUT2D eigenvalue weighted by Crippen LogP contribution is 2.38. The molecule has 0 aromatic heterocycles. The minimum absolute atomic E-state index is 0.0752. The van der Waals surface area contributed by atoms with Crippen molar-refractivity contribution in [3.8, 4) is 0 Å². The van der Waals surface area contributed by atoms with Gasteiger partial charge in [0, 0.05) is 22.8 Å². The molecule has 4 heteroatoms. The number of halogens is 1. The zero-order chi connectivity index (χ0) is 16.2. The van der Waals surface area contributed by atoms with Gasteiger partial charge in [0.25, 0.3) is 0 Å². The first-order valence-electron chi connectivity index (χ1n) is 7.56. The third-order valence-electron chi connectivity index (χ3n) is 3.92. The average molecular weight is 388 g/mol. The van der Waals surface area contributed by atoms with E-state index in [2.05, 4.69) is 41.1 Å². The van der Waals surface area contributed by atoms with Crippen LogP contribution in [-0.4, -0.2) is 23.1 Å². The maximum Gasteiger partial charge on any atom is 0.247 e. The van der Waals surface area contributed by atoms with Crippen molar-refractivity contribution < 1.29 is 4.79 Å². The second kappa shape index (κ2) is 7.37. The fourth-order valence-electron chi connectivity index (χ4n) is 2.63. The van der Waals surface area contributed by atoms with Gasteiger partial charge in [0.15, 0.2) is 0 Å². The van der Waals surface area contributed by atoms with E-state index in [1.165, 1.54) is 11.1 Å². The minimum atomic E-state index is 0.0752. The van der Waals surface area contributed by atoms with Crippen LogP contribution >= 0.6 is 27.7 Å². The van der Waals surface area contributed by atoms with Crippen LogP contribution in [0.3, 0.4) is 0 Å². The molecule has 2 nitrogen and oxygen atoms in total. The molecule has 3 rings (SSSR count). The van der Waals surface area contributed by atoms with Gasteiger partial charge in [-0.05, 0) is 41.8 Å². The fourth-order valence-corrected chi connectivity index (χ4v) is 4.16. The van der Waals surface area contributed by atoms with Gasteiger partial charge in [-0.2, -0.15) is 0 Å². The Morgan fingerprint density at radius 3 is 2.70 bits per heavy atom. The molecule has 1 aliphatic heterocycles. The topological polar surface area (TPSA) is 20.3 Å². The largest absolute Gasteiger partial charge is 0.322 e. The van der Waals surface area contributed by atoms with Gasteiger partial charge < -0.3 is 4.90 Å². The van der Waals surface area contributed by atoms with E-state index in [1.807, 2.05) is 53.1 Å². The van der Waals surface area contributed by atoms with E-state index < -0.39 is 0 Å². The van der Waals surface area contributed by atoms with Gasteiger partial charge in [-0.1, -0.05) is 52.3 Å². The molecule has 2 aromatic carbocycles. The number of aryl methyl sites for hydroxylation is 1. The lowest BCUT2D eigenvalue weighted by Gasteiger charge is -2.23. The Balaban J connectivity index is 1.76. The molecular weight excluding hydrogens is 370 g/mol. The monoisotopic (exact) mass is 387 g/mol. The first-order chi connectivity index (χ1) is 11.1. The molecule has 1 amide bonds. The third kappa shape index (κ3) is 3.88. The smallest absolute Gasteiger partial charge is 0.247 e. The molecule has 0 radical (unpaired) electrons. The number of amides is 1. The highest BCUT2D eigenvalue weighted by Gasteiger charge is 2.29. The summed E-state index contributed by atoms with van der Waals surface area (Å²) in [4.78, 5) is 14.5. The highest BCUT2D eigenvalue weighted by molar-refractivity contribution is 9.10. The Kier molecular flexibility index (Phi) is 5.23. The Morgan fingerprint density at radius 1 is 1.22 bits per heavy atom. The van der Waals surface area contributed by atoms with Crippen molar-refractivity contribution in [1.29, 1.82) is 0 Å². The molecule has 1 aliphatic rings. The van der Waals surface area contributed by atoms with Crippen molar-refractivity contribution in [3.05, 3.63) is 75.8 Å². The summed E-state index contributed by atoms with van der Waals surface area (Å²) in [7, 11) is 0. The van der Waals surface area contributed by atoms with Gasteiger partial charge in [-0.3, -0.25) is 4.79 Å². The van der Waals surface area contributed by atoms with Gasteiger partial charge in [0.1, 0.15) is 5.37 Å². The lowest BCUT2D eigenvalue weighted by atomic mass is 10.1. The van der Waals surface area contributed by atoms with Crippen molar-refractivity contribution in [2.24, 2.45) is 0 Å². The van der Waals surface area contributed by atoms with Crippen LogP contribution in [0.15, 0.2) is 59.1 Å². The van der Waals surface area contributed by atoms with Crippen molar-refractivity contribution in [1.82, 2.24) is 4.90 Å². The summed E-state index contributed by atoms with van der Waals surface area (Å²) in [6, 6.07) is 16.3. The minimum Gasteiger partial charge on any atom is -0.322 e. The first kappa shape index (κ1) is 16.3. The quantitative estimate of drug-likeness (QED) is 0.687. The second-order valence-corrected chi connectivity index (χ2v) is 7.60. The van der Waals surface area contributed by atoms with E-state index in [0.29, 0.717) is 0 Å². The molecule has 0 spiro atoms. The molecule has 1 atom stereocenters. The molecule has 118 valence electrons. The zero-order valence-electron chi connectivity index (χ0n) is 12.9. The second-order valence-electron chi connectivity index (χ2n) is 5.50. The summed E-state index contributed by atoms with van der Waals surface area (Å²) in [6.07, 6.45) is 3.61. The number of carbonyl (C=O) groups is 1. The lowest BCUT2D eigenvalue weighted by Crippen LogP contribution is -2.28. The summed E-state index contributed by atoms with van der Waals surface area (Å²) >= 11 is 5.28. The molecule has 1 saturated heterocycles. The molecule has 1 heterocycles. The molecule has 2 aromatic rings. The zero-order valence-corrected chi connectivity index (χ0v) is 15.3. The van der Waals surface area contributed by atoms with Gasteiger partial charge in [-0.15, -0.1) is 11.8 Å². The summed E-state index contributed by atoms with van der Waals surface area (Å²) in [5, 5.41) is 0.108. The number of benzene rings is 2. The van der Waals surface area contributed by atoms with Crippen LogP contribution in [-0.2, 0) is 4.79 Å². The van der Waals surface area contributed by atoms with E-state index >= 15 is 0 Å². The van der Waals surface area contributed by atoms with Crippen molar-refractivity contribution in [2.75, 3.05) is 12.3 Å². The molecule has 1 unspecified atom stereocenters. The molecule has 0 saturated carbocycles. The molecule has 0 N–H and O–H groups in total. The average Bonchev–Trinajstić information content (AvgIpc) is 3.04. The van der Waals surface area contributed by atoms with Crippen LogP contribution in [0.2, 0.25) is 0 Å². The van der Waals surface area contributed by atoms with Gasteiger partial charge in [0.2, 0.25) is 5.91 Å². The van der Waals surface area contributed by atoms with E-state index in [4.69, 9.17) is 0 Å². The SMILES string of the molecule is Cc1ccccc1/C=C/C(=O)N1CCSC1c1ccc(Br)cc1. The first-order valence-corrected chi connectivity index (χ1v) is 9.41. The van der Waals surface area contributed by atoms with E-state index in [9.17, 15) is 4.79 Å². The Bertz CT molecular complexity index is 726. The number of rotatable bonds is 3. The Morgan fingerprint density at radius 2 is 1.96 bits per heavy atom. The third-order valence-corrected chi connectivity index (χ3v) is 5.71. The Labute approximate surface area is 149 Å². The molecular formula is C19H18BrNOS. The van der Waals surface area contributed by atoms with Gasteiger partial charge >= 0.3 is 0 Å². The molecule has 0 bridgehead atoms. The maximum atomic E-state index is 12.6. The van der Waals surface area contributed by atoms with Crippen LogP contribution < -0.4 is 0 Å². The van der Waals surface area contributed by atoms with Crippen LogP contribution in [0, 0.1) is 6.92 Å². The van der Waals surface area contributed by atoms with Crippen molar-refractivity contribution in [3.63, 3.8) is 0 Å². The Hall–Kier alpha value is -1.52. The fraction of sp³-hybridized carbons (Fsp3) is 0.211. The molecule has 23 heavy (non-hydrogen) atoms. The normalized spacial score (nSPS) is 17.8. The van der Waals surface area contributed by atoms with Crippen LogP contribution in [0.5, 0.6) is 0 Å². The number of nitrogens with zero attached hydrogens (tertiary/aromatic N) is 1. The van der Waals surface area contributed by atoms with Crippen LogP contribution in [0.25, 0.3) is 6.08 Å². The number of thioether (sulfide) groups is 1. The van der Waals surface area contributed by atoms with Crippen molar-refractivity contribution in [2.45, 2.75) is 12.3 Å². The van der Waals surface area contributed by atoms with E-state index in [1.54, 1.807) is 6.08 Å². The summed E-state index contributed by atoms with van der Waals surface area (Å²) in [5.74, 6) is 1.05. The lowest BCUT2D eigenvalue weighted by molar-refractivity contribution is -0.126. The summed E-state index contributed by atoms with van der Waals surface area (Å²) in [5.41, 5.74) is 3.44. The van der Waals surface area contributed by atoms with E-state index in [0.717, 1.165) is 22.3 Å². The number of carbonyl (C=O) groups excluding carboxylic acids is 1. The predicted molar refractivity (Wildman–Crippen MR) is 101 cm³/mol. The summed E-state index contributed by atoms with van der Waals surface area (Å²) < 4.78 is 1.06. The highest BCUT2D eigenvalue weighted by atomic mass is 79.9. The number of hydrogen-bond acceptors (Lipinski definition) is 2. The molecule has 0 aliphatic carbocycles. The number of hydrogen-bond donors (Lipinski definition) is 0.